The molecule has 0 saturated heterocycles. The molecule has 30 heavy (non-hydrogen) atoms. The molecule has 0 unspecified atom stereocenters. The zero-order valence-electron chi connectivity index (χ0n) is 15.9. The quantitative estimate of drug-likeness (QED) is 0.432. The van der Waals surface area contributed by atoms with E-state index in [0.717, 1.165) is 10.8 Å². The molecule has 0 atom stereocenters. The van der Waals surface area contributed by atoms with Crippen molar-refractivity contribution in [3.63, 3.8) is 0 Å². The summed E-state index contributed by atoms with van der Waals surface area (Å²) in [6, 6.07) is 24.5. The van der Waals surface area contributed by atoms with Gasteiger partial charge in [-0.1, -0.05) is 72.8 Å². The molecule has 6 nitrogen and oxygen atoms in total. The Labute approximate surface area is 175 Å². The van der Waals surface area contributed by atoms with E-state index in [9.17, 15) is 16.8 Å². The lowest BCUT2D eigenvalue weighted by Gasteiger charge is -2.11. The van der Waals surface area contributed by atoms with Crippen molar-refractivity contribution >= 4 is 41.6 Å². The first-order valence-electron chi connectivity index (χ1n) is 9.33. The van der Waals surface area contributed by atoms with E-state index >= 15 is 0 Å². The lowest BCUT2D eigenvalue weighted by atomic mass is 10.1. The Bertz CT molecular complexity index is 1310. The van der Waals surface area contributed by atoms with E-state index in [1.165, 1.54) is 12.1 Å². The van der Waals surface area contributed by atoms with E-state index in [2.05, 4.69) is 9.44 Å². The molecular weight excluding hydrogens is 420 g/mol. The van der Waals surface area contributed by atoms with E-state index in [1.54, 1.807) is 36.4 Å². The molecule has 0 aliphatic rings. The monoisotopic (exact) mass is 440 g/mol. The zero-order valence-corrected chi connectivity index (χ0v) is 17.6. The van der Waals surface area contributed by atoms with E-state index in [-0.39, 0.29) is 22.9 Å². The summed E-state index contributed by atoms with van der Waals surface area (Å²) in [6.07, 6.45) is 0. The normalized spacial score (nSPS) is 12.4. The van der Waals surface area contributed by atoms with Crippen LogP contribution in [0.3, 0.4) is 0 Å². The number of rotatable bonds is 7. The molecule has 8 heteroatoms. The van der Waals surface area contributed by atoms with Gasteiger partial charge in [0.05, 0.1) is 9.79 Å². The maximum absolute atomic E-state index is 12.7. The third-order valence-corrected chi connectivity index (χ3v) is 7.83. The second-order valence-corrected chi connectivity index (χ2v) is 10.2. The van der Waals surface area contributed by atoms with Crippen molar-refractivity contribution in [2.45, 2.75) is 9.79 Å². The first kappa shape index (κ1) is 20.5. The fraction of sp³-hybridized carbons (Fsp3) is 0.0909. The molecule has 4 aromatic carbocycles. The molecule has 0 radical (unpaired) electrons. The topological polar surface area (TPSA) is 92.3 Å². The average molecular weight is 441 g/mol. The highest BCUT2D eigenvalue weighted by atomic mass is 32.2. The van der Waals surface area contributed by atoms with Gasteiger partial charge in [-0.2, -0.15) is 0 Å². The molecule has 0 aliphatic heterocycles. The molecule has 0 heterocycles. The van der Waals surface area contributed by atoms with E-state index in [0.29, 0.717) is 10.8 Å². The highest BCUT2D eigenvalue weighted by Crippen LogP contribution is 2.23. The minimum atomic E-state index is -3.79. The smallest absolute Gasteiger partial charge is 0.210 e. The largest absolute Gasteiger partial charge is 0.241 e. The third-order valence-electron chi connectivity index (χ3n) is 4.79. The molecule has 2 N–H and O–H groups in total. The predicted molar refractivity (Wildman–Crippen MR) is 118 cm³/mol. The molecule has 4 rings (SSSR count). The van der Waals surface area contributed by atoms with Crippen LogP contribution in [0.2, 0.25) is 0 Å². The average Bonchev–Trinajstić information content (AvgIpc) is 2.76. The predicted octanol–water partition coefficient (Wildman–Crippen LogP) is 3.25. The Morgan fingerprint density at radius 2 is 0.867 bits per heavy atom. The number of fused-ring (bicyclic) bond motifs is 2. The summed E-state index contributed by atoms with van der Waals surface area (Å²) >= 11 is 0. The highest BCUT2D eigenvalue weighted by molar-refractivity contribution is 7.90. The zero-order chi connectivity index (χ0) is 21.2. The Hall–Kier alpha value is -2.78. The van der Waals surface area contributed by atoms with E-state index < -0.39 is 20.0 Å². The van der Waals surface area contributed by atoms with Crippen LogP contribution in [-0.2, 0) is 20.0 Å². The Morgan fingerprint density at radius 1 is 0.500 bits per heavy atom. The molecule has 0 aliphatic carbocycles. The van der Waals surface area contributed by atoms with Crippen LogP contribution in [-0.4, -0.2) is 29.9 Å². The van der Waals surface area contributed by atoms with Gasteiger partial charge < -0.3 is 0 Å². The summed E-state index contributed by atoms with van der Waals surface area (Å²) in [7, 11) is -7.58. The highest BCUT2D eigenvalue weighted by Gasteiger charge is 2.19. The van der Waals surface area contributed by atoms with Crippen LogP contribution in [0.15, 0.2) is 94.7 Å². The van der Waals surface area contributed by atoms with Gasteiger partial charge in [-0.3, -0.25) is 0 Å². The molecule has 0 aromatic heterocycles. The van der Waals surface area contributed by atoms with Crippen molar-refractivity contribution in [2.24, 2.45) is 0 Å². The van der Waals surface area contributed by atoms with Gasteiger partial charge in [0.15, 0.2) is 0 Å². The standard InChI is InChI=1S/C22H20N2O4S2/c25-29(26,21-13-5-9-17-7-1-3-11-19(17)21)23-15-16-24-30(27,28)22-14-6-10-18-8-2-4-12-20(18)22/h1-14,23-24H,15-16H2. The Balaban J connectivity index is 1.48. The third kappa shape index (κ3) is 4.08. The van der Waals surface area contributed by atoms with Crippen LogP contribution in [0.5, 0.6) is 0 Å². The number of nitrogens with one attached hydrogen (secondary N) is 2. The minimum Gasteiger partial charge on any atom is -0.210 e. The second kappa shape index (κ2) is 8.16. The summed E-state index contributed by atoms with van der Waals surface area (Å²) in [4.78, 5) is 0.329. The SMILES string of the molecule is O=S(=O)(NCCNS(=O)(=O)c1cccc2ccccc12)c1cccc2ccccc12. The fourth-order valence-electron chi connectivity index (χ4n) is 3.39. The minimum absolute atomic E-state index is 0.0739. The molecule has 0 bridgehead atoms. The van der Waals surface area contributed by atoms with Crippen LogP contribution in [0.25, 0.3) is 21.5 Å². The Kier molecular flexibility index (Phi) is 5.57. The molecule has 154 valence electrons. The van der Waals surface area contributed by atoms with Crippen molar-refractivity contribution in [2.75, 3.05) is 13.1 Å². The van der Waals surface area contributed by atoms with Gasteiger partial charge in [0.25, 0.3) is 0 Å². The van der Waals surface area contributed by atoms with Crippen molar-refractivity contribution in [3.8, 4) is 0 Å². The van der Waals surface area contributed by atoms with Crippen LogP contribution in [0.1, 0.15) is 0 Å². The van der Waals surface area contributed by atoms with Crippen LogP contribution < -0.4 is 9.44 Å². The summed E-state index contributed by atoms with van der Waals surface area (Å²) in [5, 5.41) is 2.86. The summed E-state index contributed by atoms with van der Waals surface area (Å²) in [5.74, 6) is 0. The summed E-state index contributed by atoms with van der Waals surface area (Å²) in [6.45, 7) is -0.148. The molecule has 0 spiro atoms. The fourth-order valence-corrected chi connectivity index (χ4v) is 5.91. The van der Waals surface area contributed by atoms with Gasteiger partial charge in [-0.15, -0.1) is 0 Å². The number of sulfonamides is 2. The maximum atomic E-state index is 12.7. The van der Waals surface area contributed by atoms with Crippen molar-refractivity contribution in [3.05, 3.63) is 84.9 Å². The molecule has 0 fully saturated rings. The van der Waals surface area contributed by atoms with Gasteiger partial charge in [0.1, 0.15) is 0 Å². The van der Waals surface area contributed by atoms with Gasteiger partial charge in [0.2, 0.25) is 20.0 Å². The Morgan fingerprint density at radius 3 is 1.30 bits per heavy atom. The van der Waals surface area contributed by atoms with Gasteiger partial charge in [-0.25, -0.2) is 26.3 Å². The van der Waals surface area contributed by atoms with Gasteiger partial charge >= 0.3 is 0 Å². The first-order valence-corrected chi connectivity index (χ1v) is 12.3. The van der Waals surface area contributed by atoms with Gasteiger partial charge in [-0.05, 0) is 22.9 Å². The lowest BCUT2D eigenvalue weighted by Crippen LogP contribution is -2.34. The van der Waals surface area contributed by atoms with Crippen molar-refractivity contribution in [1.29, 1.82) is 0 Å². The number of hydrogen-bond acceptors (Lipinski definition) is 4. The summed E-state index contributed by atoms with van der Waals surface area (Å²) < 4.78 is 55.9. The van der Waals surface area contributed by atoms with Crippen LogP contribution in [0.4, 0.5) is 0 Å². The first-order chi connectivity index (χ1) is 14.4. The maximum Gasteiger partial charge on any atom is 0.241 e. The molecular formula is C22H20N2O4S2. The van der Waals surface area contributed by atoms with E-state index in [1.807, 2.05) is 36.4 Å². The molecule has 0 amide bonds. The van der Waals surface area contributed by atoms with Crippen molar-refractivity contribution in [1.82, 2.24) is 9.44 Å². The van der Waals surface area contributed by atoms with Gasteiger partial charge in [0, 0.05) is 23.9 Å². The second-order valence-electron chi connectivity index (χ2n) is 6.75. The summed E-state index contributed by atoms with van der Waals surface area (Å²) in [5.41, 5.74) is 0. The molecule has 4 aromatic rings. The van der Waals surface area contributed by atoms with Crippen molar-refractivity contribution < 1.29 is 16.8 Å². The number of benzene rings is 4. The van der Waals surface area contributed by atoms with Crippen LogP contribution >= 0.6 is 0 Å². The van der Waals surface area contributed by atoms with Crippen LogP contribution in [0, 0.1) is 0 Å². The lowest BCUT2D eigenvalue weighted by molar-refractivity contribution is 0.571. The number of hydrogen-bond donors (Lipinski definition) is 2. The van der Waals surface area contributed by atoms with E-state index in [4.69, 9.17) is 0 Å². The molecule has 0 saturated carbocycles.